The molecule has 2 nitrogen and oxygen atoms in total. The highest BCUT2D eigenvalue weighted by atomic mass is 19.1. The van der Waals surface area contributed by atoms with Gasteiger partial charge in [0.15, 0.2) is 0 Å². The fraction of sp³-hybridized carbons (Fsp3) is 0.333. The van der Waals surface area contributed by atoms with Gasteiger partial charge in [-0.05, 0) is 40.8 Å². The van der Waals surface area contributed by atoms with Crippen molar-refractivity contribution in [2.75, 3.05) is 0 Å². The van der Waals surface area contributed by atoms with E-state index in [1.165, 1.54) is 11.6 Å². The Morgan fingerprint density at radius 1 is 1.05 bits per heavy atom. The molecule has 0 aliphatic heterocycles. The van der Waals surface area contributed by atoms with Crippen molar-refractivity contribution in [1.29, 1.82) is 0 Å². The average molecular weight is 287 g/mol. The molecule has 0 atom stereocenters. The Morgan fingerprint density at radius 2 is 1.71 bits per heavy atom. The average Bonchev–Trinajstić information content (AvgIpc) is 2.46. The standard InChI is InChI=1S/C18H22FNO/c1-18(2,3)15-5-7-16(8-6-15)21-12-14-10-13(11-20)4-9-17(14)19/h4-10H,11-12,20H2,1-3H3. The van der Waals surface area contributed by atoms with Gasteiger partial charge in [-0.25, -0.2) is 4.39 Å². The Hall–Kier alpha value is -1.87. The summed E-state index contributed by atoms with van der Waals surface area (Å²) in [5.74, 6) is 0.471. The molecule has 2 N–H and O–H groups in total. The third-order valence-corrected chi connectivity index (χ3v) is 3.46. The Morgan fingerprint density at radius 3 is 2.29 bits per heavy atom. The molecular formula is C18H22FNO. The lowest BCUT2D eigenvalue weighted by molar-refractivity contribution is 0.299. The molecule has 0 saturated carbocycles. The van der Waals surface area contributed by atoms with Crippen LogP contribution in [0.4, 0.5) is 4.39 Å². The van der Waals surface area contributed by atoms with Crippen molar-refractivity contribution >= 4 is 0 Å². The zero-order valence-corrected chi connectivity index (χ0v) is 12.8. The molecule has 0 heterocycles. The molecule has 0 fully saturated rings. The van der Waals surface area contributed by atoms with Gasteiger partial charge in [0.1, 0.15) is 18.2 Å². The minimum Gasteiger partial charge on any atom is -0.489 e. The number of hydrogen-bond donors (Lipinski definition) is 1. The molecule has 112 valence electrons. The summed E-state index contributed by atoms with van der Waals surface area (Å²) in [5, 5.41) is 0. The van der Waals surface area contributed by atoms with Crippen LogP contribution in [0, 0.1) is 5.82 Å². The van der Waals surface area contributed by atoms with Crippen LogP contribution in [-0.2, 0) is 18.6 Å². The third-order valence-electron chi connectivity index (χ3n) is 3.46. The minimum absolute atomic E-state index is 0.111. The van der Waals surface area contributed by atoms with Crippen LogP contribution in [0.25, 0.3) is 0 Å². The van der Waals surface area contributed by atoms with E-state index in [9.17, 15) is 4.39 Å². The van der Waals surface area contributed by atoms with Crippen LogP contribution >= 0.6 is 0 Å². The normalized spacial score (nSPS) is 11.5. The predicted octanol–water partition coefficient (Wildman–Crippen LogP) is 4.16. The highest BCUT2D eigenvalue weighted by Crippen LogP contribution is 2.24. The Bertz CT molecular complexity index is 600. The summed E-state index contributed by atoms with van der Waals surface area (Å²) in [6.07, 6.45) is 0. The van der Waals surface area contributed by atoms with Gasteiger partial charge < -0.3 is 10.5 Å². The molecule has 0 aromatic heterocycles. The largest absolute Gasteiger partial charge is 0.489 e. The summed E-state index contributed by atoms with van der Waals surface area (Å²) in [7, 11) is 0. The van der Waals surface area contributed by atoms with Crippen molar-refractivity contribution in [3.05, 3.63) is 65.0 Å². The zero-order valence-electron chi connectivity index (χ0n) is 12.8. The van der Waals surface area contributed by atoms with Crippen molar-refractivity contribution in [1.82, 2.24) is 0 Å². The van der Waals surface area contributed by atoms with Gasteiger partial charge in [-0.15, -0.1) is 0 Å². The second kappa shape index (κ2) is 6.27. The van der Waals surface area contributed by atoms with Crippen molar-refractivity contribution < 1.29 is 9.13 Å². The maximum absolute atomic E-state index is 13.7. The van der Waals surface area contributed by atoms with Crippen LogP contribution in [0.15, 0.2) is 42.5 Å². The monoisotopic (exact) mass is 287 g/mol. The second-order valence-corrected chi connectivity index (χ2v) is 6.19. The molecule has 0 saturated heterocycles. The fourth-order valence-electron chi connectivity index (χ4n) is 2.08. The predicted molar refractivity (Wildman–Crippen MR) is 83.8 cm³/mol. The van der Waals surface area contributed by atoms with E-state index >= 15 is 0 Å². The first-order chi connectivity index (χ1) is 9.90. The minimum atomic E-state index is -0.265. The van der Waals surface area contributed by atoms with E-state index in [-0.39, 0.29) is 17.8 Å². The first-order valence-electron chi connectivity index (χ1n) is 7.11. The Labute approximate surface area is 125 Å². The number of hydrogen-bond acceptors (Lipinski definition) is 2. The van der Waals surface area contributed by atoms with E-state index in [1.54, 1.807) is 12.1 Å². The number of rotatable bonds is 4. The first kappa shape index (κ1) is 15.5. The van der Waals surface area contributed by atoms with Gasteiger partial charge in [0.25, 0.3) is 0 Å². The summed E-state index contributed by atoms with van der Waals surface area (Å²) in [5.41, 5.74) is 8.35. The van der Waals surface area contributed by atoms with E-state index in [2.05, 4.69) is 20.8 Å². The number of nitrogens with two attached hydrogens (primary N) is 1. The van der Waals surface area contributed by atoms with Crippen LogP contribution in [0.1, 0.15) is 37.5 Å². The number of halogens is 1. The Balaban J connectivity index is 2.06. The van der Waals surface area contributed by atoms with Crippen LogP contribution in [0.3, 0.4) is 0 Å². The summed E-state index contributed by atoms with van der Waals surface area (Å²) >= 11 is 0. The maximum Gasteiger partial charge on any atom is 0.129 e. The lowest BCUT2D eigenvalue weighted by atomic mass is 9.87. The zero-order chi connectivity index (χ0) is 15.5. The molecule has 2 rings (SSSR count). The SMILES string of the molecule is CC(C)(C)c1ccc(OCc2cc(CN)ccc2F)cc1. The van der Waals surface area contributed by atoms with Crippen molar-refractivity contribution in [2.45, 2.75) is 39.3 Å². The van der Waals surface area contributed by atoms with Gasteiger partial charge in [0.05, 0.1) is 0 Å². The quantitative estimate of drug-likeness (QED) is 0.916. The van der Waals surface area contributed by atoms with Crippen LogP contribution in [-0.4, -0.2) is 0 Å². The molecular weight excluding hydrogens is 265 g/mol. The first-order valence-corrected chi connectivity index (χ1v) is 7.11. The fourth-order valence-corrected chi connectivity index (χ4v) is 2.08. The smallest absolute Gasteiger partial charge is 0.129 e. The van der Waals surface area contributed by atoms with Crippen LogP contribution in [0.5, 0.6) is 5.75 Å². The van der Waals surface area contributed by atoms with Crippen molar-refractivity contribution in [3.63, 3.8) is 0 Å². The molecule has 2 aromatic carbocycles. The Kier molecular flexibility index (Phi) is 4.63. The highest BCUT2D eigenvalue weighted by molar-refractivity contribution is 5.32. The summed E-state index contributed by atoms with van der Waals surface area (Å²) in [4.78, 5) is 0. The molecule has 0 unspecified atom stereocenters. The van der Waals surface area contributed by atoms with Crippen LogP contribution in [0.2, 0.25) is 0 Å². The van der Waals surface area contributed by atoms with Crippen molar-refractivity contribution in [2.24, 2.45) is 5.73 Å². The van der Waals surface area contributed by atoms with Gasteiger partial charge in [0, 0.05) is 12.1 Å². The second-order valence-electron chi connectivity index (χ2n) is 6.19. The van der Waals surface area contributed by atoms with Gasteiger partial charge in [-0.2, -0.15) is 0 Å². The molecule has 0 radical (unpaired) electrons. The van der Waals surface area contributed by atoms with Crippen LogP contribution < -0.4 is 10.5 Å². The van der Waals surface area contributed by atoms with E-state index in [1.807, 2.05) is 24.3 Å². The lowest BCUT2D eigenvalue weighted by Crippen LogP contribution is -2.10. The van der Waals surface area contributed by atoms with Gasteiger partial charge >= 0.3 is 0 Å². The van der Waals surface area contributed by atoms with E-state index in [4.69, 9.17) is 10.5 Å². The topological polar surface area (TPSA) is 35.2 Å². The van der Waals surface area contributed by atoms with E-state index < -0.39 is 0 Å². The van der Waals surface area contributed by atoms with E-state index in [0.717, 1.165) is 11.3 Å². The molecule has 0 aliphatic carbocycles. The summed E-state index contributed by atoms with van der Waals surface area (Å²) in [6, 6.07) is 12.8. The van der Waals surface area contributed by atoms with Gasteiger partial charge in [0.2, 0.25) is 0 Å². The van der Waals surface area contributed by atoms with Crippen molar-refractivity contribution in [3.8, 4) is 5.75 Å². The molecule has 0 spiro atoms. The lowest BCUT2D eigenvalue weighted by Gasteiger charge is -2.19. The molecule has 0 aliphatic rings. The number of benzene rings is 2. The number of ether oxygens (including phenoxy) is 1. The molecule has 0 bridgehead atoms. The molecule has 0 amide bonds. The molecule has 2 aromatic rings. The van der Waals surface area contributed by atoms with Gasteiger partial charge in [-0.1, -0.05) is 39.0 Å². The molecule has 21 heavy (non-hydrogen) atoms. The van der Waals surface area contributed by atoms with E-state index in [0.29, 0.717) is 12.1 Å². The maximum atomic E-state index is 13.7. The third kappa shape index (κ3) is 4.05. The molecule has 3 heteroatoms. The summed E-state index contributed by atoms with van der Waals surface area (Å²) in [6.45, 7) is 7.09. The highest BCUT2D eigenvalue weighted by Gasteiger charge is 2.13. The summed E-state index contributed by atoms with van der Waals surface area (Å²) < 4.78 is 19.4. The van der Waals surface area contributed by atoms with Gasteiger partial charge in [-0.3, -0.25) is 0 Å².